The number of aryl methyl sites for hydroxylation is 3. The van der Waals surface area contributed by atoms with Gasteiger partial charge >= 0.3 is 0 Å². The number of hydrogen-bond donors (Lipinski definition) is 2. The second-order valence-electron chi connectivity index (χ2n) is 4.35. The molecule has 0 aliphatic carbocycles. The molecule has 0 spiro atoms. The summed E-state index contributed by atoms with van der Waals surface area (Å²) in [6, 6.07) is 6.02. The molecule has 5 heteroatoms. The first-order valence-electron chi connectivity index (χ1n) is 6.08. The van der Waals surface area contributed by atoms with Gasteiger partial charge in [0.1, 0.15) is 0 Å². The highest BCUT2D eigenvalue weighted by atomic mass is 15.3. The summed E-state index contributed by atoms with van der Waals surface area (Å²) in [6.07, 6.45) is 1.80. The monoisotopic (exact) mass is 245 g/mol. The lowest BCUT2D eigenvalue weighted by Gasteiger charge is -2.18. The Kier molecular flexibility index (Phi) is 3.74. The molecule has 0 bridgehead atoms. The van der Waals surface area contributed by atoms with Gasteiger partial charge in [0.05, 0.1) is 11.7 Å². The zero-order chi connectivity index (χ0) is 13.1. The van der Waals surface area contributed by atoms with Gasteiger partial charge in [-0.25, -0.2) is 5.43 Å². The van der Waals surface area contributed by atoms with Crippen LogP contribution in [0.4, 0.5) is 0 Å². The summed E-state index contributed by atoms with van der Waals surface area (Å²) < 4.78 is 1.94. The quantitative estimate of drug-likeness (QED) is 0.632. The van der Waals surface area contributed by atoms with E-state index in [0.717, 1.165) is 29.2 Å². The number of rotatable bonds is 4. The van der Waals surface area contributed by atoms with E-state index in [1.165, 1.54) is 0 Å². The van der Waals surface area contributed by atoms with Gasteiger partial charge in [0.15, 0.2) is 0 Å². The standard InChI is InChI=1S/C13H19N5/c1-4-18-12(5-6-15-18)13(17-14)11-7-9(2)16-10(3)8-11/h5-8,13,17H,4,14H2,1-3H3. The molecule has 96 valence electrons. The number of pyridine rings is 1. The van der Waals surface area contributed by atoms with E-state index < -0.39 is 0 Å². The molecule has 2 rings (SSSR count). The highest BCUT2D eigenvalue weighted by molar-refractivity contribution is 5.30. The summed E-state index contributed by atoms with van der Waals surface area (Å²) >= 11 is 0. The van der Waals surface area contributed by atoms with E-state index in [1.807, 2.05) is 36.7 Å². The van der Waals surface area contributed by atoms with Crippen LogP contribution in [0.2, 0.25) is 0 Å². The first-order valence-corrected chi connectivity index (χ1v) is 6.08. The van der Waals surface area contributed by atoms with Crippen LogP contribution in [0.5, 0.6) is 0 Å². The lowest BCUT2D eigenvalue weighted by Crippen LogP contribution is -2.30. The number of hydrogen-bond acceptors (Lipinski definition) is 4. The largest absolute Gasteiger partial charge is 0.271 e. The molecule has 0 aliphatic heterocycles. The van der Waals surface area contributed by atoms with Crippen molar-refractivity contribution in [2.45, 2.75) is 33.4 Å². The van der Waals surface area contributed by atoms with Crippen molar-refractivity contribution in [1.29, 1.82) is 0 Å². The van der Waals surface area contributed by atoms with Crippen molar-refractivity contribution in [1.82, 2.24) is 20.2 Å². The van der Waals surface area contributed by atoms with Crippen LogP contribution < -0.4 is 11.3 Å². The van der Waals surface area contributed by atoms with Crippen LogP contribution in [0.25, 0.3) is 0 Å². The molecule has 0 saturated heterocycles. The van der Waals surface area contributed by atoms with Crippen LogP contribution in [-0.2, 0) is 6.54 Å². The first kappa shape index (κ1) is 12.7. The summed E-state index contributed by atoms with van der Waals surface area (Å²) in [5, 5.41) is 4.28. The summed E-state index contributed by atoms with van der Waals surface area (Å²) in [7, 11) is 0. The topological polar surface area (TPSA) is 68.8 Å². The lowest BCUT2D eigenvalue weighted by atomic mass is 10.0. The van der Waals surface area contributed by atoms with Crippen molar-refractivity contribution in [3.63, 3.8) is 0 Å². The van der Waals surface area contributed by atoms with Crippen molar-refractivity contribution >= 4 is 0 Å². The third-order valence-corrected chi connectivity index (χ3v) is 2.95. The Morgan fingerprint density at radius 2 is 2.00 bits per heavy atom. The summed E-state index contributed by atoms with van der Waals surface area (Å²) in [4.78, 5) is 4.38. The number of nitrogens with one attached hydrogen (secondary N) is 1. The molecule has 0 radical (unpaired) electrons. The molecule has 2 aromatic rings. The predicted molar refractivity (Wildman–Crippen MR) is 70.8 cm³/mol. The van der Waals surface area contributed by atoms with Gasteiger partial charge in [-0.15, -0.1) is 0 Å². The Morgan fingerprint density at radius 1 is 1.33 bits per heavy atom. The van der Waals surface area contributed by atoms with Crippen LogP contribution in [0.3, 0.4) is 0 Å². The average Bonchev–Trinajstić information content (AvgIpc) is 2.77. The van der Waals surface area contributed by atoms with E-state index in [2.05, 4.69) is 22.4 Å². The molecule has 2 heterocycles. The molecule has 5 nitrogen and oxygen atoms in total. The second kappa shape index (κ2) is 5.29. The highest BCUT2D eigenvalue weighted by Gasteiger charge is 2.17. The highest BCUT2D eigenvalue weighted by Crippen LogP contribution is 2.22. The molecular formula is C13H19N5. The molecule has 2 aromatic heterocycles. The van der Waals surface area contributed by atoms with E-state index >= 15 is 0 Å². The van der Waals surface area contributed by atoms with Crippen LogP contribution in [0.1, 0.15) is 35.6 Å². The molecule has 18 heavy (non-hydrogen) atoms. The molecule has 0 aliphatic rings. The minimum absolute atomic E-state index is 0.0622. The smallest absolute Gasteiger partial charge is 0.0879 e. The van der Waals surface area contributed by atoms with Crippen molar-refractivity contribution in [2.75, 3.05) is 0 Å². The van der Waals surface area contributed by atoms with E-state index in [0.29, 0.717) is 0 Å². The Morgan fingerprint density at radius 3 is 2.56 bits per heavy atom. The zero-order valence-electron chi connectivity index (χ0n) is 11.0. The Hall–Kier alpha value is -1.72. The van der Waals surface area contributed by atoms with Crippen LogP contribution >= 0.6 is 0 Å². The molecule has 0 saturated carbocycles. The van der Waals surface area contributed by atoms with E-state index in [4.69, 9.17) is 5.84 Å². The fourth-order valence-corrected chi connectivity index (χ4v) is 2.24. The van der Waals surface area contributed by atoms with Gasteiger partial charge in [-0.3, -0.25) is 15.5 Å². The number of hydrazine groups is 1. The van der Waals surface area contributed by atoms with E-state index in [1.54, 1.807) is 6.20 Å². The van der Waals surface area contributed by atoms with Crippen LogP contribution in [0, 0.1) is 13.8 Å². The van der Waals surface area contributed by atoms with Crippen LogP contribution in [-0.4, -0.2) is 14.8 Å². The first-order chi connectivity index (χ1) is 8.65. The number of nitrogens with two attached hydrogens (primary N) is 1. The molecule has 0 amide bonds. The second-order valence-corrected chi connectivity index (χ2v) is 4.35. The van der Waals surface area contributed by atoms with Crippen molar-refractivity contribution in [2.24, 2.45) is 5.84 Å². The lowest BCUT2D eigenvalue weighted by molar-refractivity contribution is 0.542. The normalized spacial score (nSPS) is 12.7. The minimum atomic E-state index is -0.0622. The third-order valence-electron chi connectivity index (χ3n) is 2.95. The van der Waals surface area contributed by atoms with Gasteiger partial charge in [-0.2, -0.15) is 5.10 Å². The maximum absolute atomic E-state index is 5.71. The van der Waals surface area contributed by atoms with Gasteiger partial charge in [-0.05, 0) is 44.5 Å². The van der Waals surface area contributed by atoms with Crippen molar-refractivity contribution in [3.8, 4) is 0 Å². The molecule has 3 N–H and O–H groups in total. The van der Waals surface area contributed by atoms with Gasteiger partial charge < -0.3 is 0 Å². The Labute approximate surface area is 107 Å². The summed E-state index contributed by atoms with van der Waals surface area (Å²) in [5.74, 6) is 5.71. The maximum atomic E-state index is 5.71. The van der Waals surface area contributed by atoms with E-state index in [-0.39, 0.29) is 6.04 Å². The minimum Gasteiger partial charge on any atom is -0.271 e. The Bertz CT molecular complexity index is 512. The van der Waals surface area contributed by atoms with Gasteiger partial charge in [0.25, 0.3) is 0 Å². The average molecular weight is 245 g/mol. The maximum Gasteiger partial charge on any atom is 0.0879 e. The van der Waals surface area contributed by atoms with Crippen molar-refractivity contribution < 1.29 is 0 Å². The van der Waals surface area contributed by atoms with Gasteiger partial charge in [-0.1, -0.05) is 0 Å². The van der Waals surface area contributed by atoms with Gasteiger partial charge in [0.2, 0.25) is 0 Å². The predicted octanol–water partition coefficient (Wildman–Crippen LogP) is 1.47. The van der Waals surface area contributed by atoms with Gasteiger partial charge in [0, 0.05) is 24.1 Å². The van der Waals surface area contributed by atoms with Crippen LogP contribution in [0.15, 0.2) is 24.4 Å². The van der Waals surface area contributed by atoms with Crippen molar-refractivity contribution in [3.05, 3.63) is 47.0 Å². The summed E-state index contributed by atoms with van der Waals surface area (Å²) in [6.45, 7) is 6.86. The summed E-state index contributed by atoms with van der Waals surface area (Å²) in [5.41, 5.74) is 7.02. The SMILES string of the molecule is CCn1nccc1C(NN)c1cc(C)nc(C)c1. The third kappa shape index (κ3) is 2.42. The van der Waals surface area contributed by atoms with E-state index in [9.17, 15) is 0 Å². The zero-order valence-corrected chi connectivity index (χ0v) is 11.0. The molecule has 0 aromatic carbocycles. The molecular weight excluding hydrogens is 226 g/mol. The fourth-order valence-electron chi connectivity index (χ4n) is 2.24. The molecule has 0 fully saturated rings. The molecule has 1 unspecified atom stereocenters. The Balaban J connectivity index is 2.45. The number of aromatic nitrogens is 3. The number of nitrogens with zero attached hydrogens (tertiary/aromatic N) is 3. The molecule has 1 atom stereocenters. The fraction of sp³-hybridized carbons (Fsp3) is 0.385.